The van der Waals surface area contributed by atoms with E-state index in [4.69, 9.17) is 5.11 Å². The lowest BCUT2D eigenvalue weighted by Gasteiger charge is -2.30. The smallest absolute Gasteiger partial charge is 0.307 e. The molecule has 1 amide bonds. The van der Waals surface area contributed by atoms with Crippen molar-refractivity contribution < 1.29 is 14.7 Å². The molecule has 2 heterocycles. The highest BCUT2D eigenvalue weighted by Gasteiger charge is 2.31. The second-order valence-electron chi connectivity index (χ2n) is 5.42. The number of amides is 1. The maximum absolute atomic E-state index is 12.5. The fourth-order valence-corrected chi connectivity index (χ4v) is 3.88. The van der Waals surface area contributed by atoms with Gasteiger partial charge in [0.25, 0.3) is 0 Å². The van der Waals surface area contributed by atoms with E-state index in [1.807, 2.05) is 34.1 Å². The molecule has 112 valence electrons. The number of carboxylic acids is 1. The number of benzene rings is 1. The number of aliphatic carboxylic acids is 1. The monoisotopic (exact) mass is 306 g/mol. The first-order chi connectivity index (χ1) is 10.1. The van der Waals surface area contributed by atoms with Crippen molar-refractivity contribution in [1.82, 2.24) is 4.90 Å². The van der Waals surface area contributed by atoms with Crippen LogP contribution >= 0.6 is 11.8 Å². The zero-order valence-electron chi connectivity index (χ0n) is 11.7. The number of carboxylic acid groups (broad SMARTS) is 1. The quantitative estimate of drug-likeness (QED) is 0.918. The van der Waals surface area contributed by atoms with Crippen LogP contribution in [0, 0.1) is 5.92 Å². The van der Waals surface area contributed by atoms with Gasteiger partial charge in [0.15, 0.2) is 0 Å². The number of anilines is 1. The van der Waals surface area contributed by atoms with Gasteiger partial charge in [-0.2, -0.15) is 0 Å². The van der Waals surface area contributed by atoms with E-state index in [1.165, 1.54) is 0 Å². The van der Waals surface area contributed by atoms with E-state index in [0.29, 0.717) is 26.1 Å². The van der Waals surface area contributed by atoms with Crippen LogP contribution < -0.4 is 4.90 Å². The number of likely N-dealkylation sites (tertiary alicyclic amines) is 1. The van der Waals surface area contributed by atoms with E-state index in [0.717, 1.165) is 22.9 Å². The highest BCUT2D eigenvalue weighted by molar-refractivity contribution is 7.99. The van der Waals surface area contributed by atoms with E-state index < -0.39 is 5.97 Å². The van der Waals surface area contributed by atoms with Gasteiger partial charge in [-0.25, -0.2) is 0 Å². The lowest BCUT2D eigenvalue weighted by Crippen LogP contribution is -2.42. The lowest BCUT2D eigenvalue weighted by atomic mass is 10.1. The predicted molar refractivity (Wildman–Crippen MR) is 81.7 cm³/mol. The van der Waals surface area contributed by atoms with Gasteiger partial charge in [0.2, 0.25) is 5.91 Å². The Hall–Kier alpha value is -1.53. The van der Waals surface area contributed by atoms with Crippen LogP contribution in [0.25, 0.3) is 0 Å². The molecule has 1 atom stereocenters. The third-order valence-electron chi connectivity index (χ3n) is 4.01. The summed E-state index contributed by atoms with van der Waals surface area (Å²) in [5, 5.41) is 9.02. The second kappa shape index (κ2) is 6.07. The van der Waals surface area contributed by atoms with Crippen molar-refractivity contribution in [2.24, 2.45) is 5.92 Å². The Morgan fingerprint density at radius 3 is 2.86 bits per heavy atom. The van der Waals surface area contributed by atoms with Gasteiger partial charge < -0.3 is 10.0 Å². The summed E-state index contributed by atoms with van der Waals surface area (Å²) in [5.74, 6) is -0.124. The fraction of sp³-hybridized carbons (Fsp3) is 0.467. The third kappa shape index (κ3) is 3.06. The van der Waals surface area contributed by atoms with Crippen LogP contribution in [0.2, 0.25) is 0 Å². The van der Waals surface area contributed by atoms with Crippen molar-refractivity contribution in [2.75, 3.05) is 36.8 Å². The molecule has 1 aromatic rings. The van der Waals surface area contributed by atoms with Crippen LogP contribution in [0.5, 0.6) is 0 Å². The molecule has 1 unspecified atom stereocenters. The lowest BCUT2D eigenvalue weighted by molar-refractivity contribution is -0.141. The Labute approximate surface area is 127 Å². The Bertz CT molecular complexity index is 564. The number of fused-ring (bicyclic) bond motifs is 1. The topological polar surface area (TPSA) is 60.9 Å². The van der Waals surface area contributed by atoms with E-state index in [2.05, 4.69) is 0 Å². The van der Waals surface area contributed by atoms with Crippen molar-refractivity contribution in [2.45, 2.75) is 11.3 Å². The van der Waals surface area contributed by atoms with Crippen molar-refractivity contribution in [1.29, 1.82) is 0 Å². The van der Waals surface area contributed by atoms with Gasteiger partial charge in [-0.1, -0.05) is 12.1 Å². The Morgan fingerprint density at radius 1 is 1.29 bits per heavy atom. The van der Waals surface area contributed by atoms with E-state index in [9.17, 15) is 9.59 Å². The van der Waals surface area contributed by atoms with Crippen molar-refractivity contribution in [3.63, 3.8) is 0 Å². The SMILES string of the molecule is O=C(O)C1CCN(CC(=O)N2CCSc3ccccc32)C1. The normalized spacial score (nSPS) is 22.1. The molecule has 1 saturated heterocycles. The number of hydrogen-bond donors (Lipinski definition) is 1. The Balaban J connectivity index is 1.66. The van der Waals surface area contributed by atoms with Crippen molar-refractivity contribution in [3.05, 3.63) is 24.3 Å². The number of para-hydroxylation sites is 1. The largest absolute Gasteiger partial charge is 0.481 e. The van der Waals surface area contributed by atoms with Crippen LogP contribution in [0.1, 0.15) is 6.42 Å². The Kier molecular flexibility index (Phi) is 4.17. The molecule has 1 fully saturated rings. The average Bonchev–Trinajstić information content (AvgIpc) is 2.95. The first-order valence-corrected chi connectivity index (χ1v) is 8.11. The van der Waals surface area contributed by atoms with E-state index >= 15 is 0 Å². The van der Waals surface area contributed by atoms with Crippen molar-refractivity contribution >= 4 is 29.3 Å². The molecule has 0 spiro atoms. The molecule has 2 aliphatic rings. The fourth-order valence-electron chi connectivity index (χ4n) is 2.88. The molecule has 0 saturated carbocycles. The van der Waals surface area contributed by atoms with Gasteiger partial charge in [-0.3, -0.25) is 14.5 Å². The van der Waals surface area contributed by atoms with E-state index in [1.54, 1.807) is 11.8 Å². The molecular formula is C15H18N2O3S. The summed E-state index contributed by atoms with van der Waals surface area (Å²) in [6.45, 7) is 2.19. The molecule has 1 N–H and O–H groups in total. The van der Waals surface area contributed by atoms with Crippen LogP contribution in [-0.2, 0) is 9.59 Å². The molecule has 5 nitrogen and oxygen atoms in total. The first kappa shape index (κ1) is 14.4. The minimum absolute atomic E-state index is 0.0637. The third-order valence-corrected chi connectivity index (χ3v) is 5.05. The Morgan fingerprint density at radius 2 is 2.10 bits per heavy atom. The maximum atomic E-state index is 12.5. The maximum Gasteiger partial charge on any atom is 0.307 e. The average molecular weight is 306 g/mol. The molecule has 0 radical (unpaired) electrons. The first-order valence-electron chi connectivity index (χ1n) is 7.12. The van der Waals surface area contributed by atoms with Gasteiger partial charge in [-0.05, 0) is 25.1 Å². The zero-order chi connectivity index (χ0) is 14.8. The number of hydrogen-bond acceptors (Lipinski definition) is 4. The summed E-state index contributed by atoms with van der Waals surface area (Å²) in [6.07, 6.45) is 0.634. The summed E-state index contributed by atoms with van der Waals surface area (Å²) in [6, 6.07) is 7.94. The number of rotatable bonds is 3. The zero-order valence-corrected chi connectivity index (χ0v) is 12.5. The van der Waals surface area contributed by atoms with Crippen LogP contribution in [0.15, 0.2) is 29.2 Å². The summed E-state index contributed by atoms with van der Waals surface area (Å²) >= 11 is 1.77. The van der Waals surface area contributed by atoms with Crippen molar-refractivity contribution in [3.8, 4) is 0 Å². The van der Waals surface area contributed by atoms with Gasteiger partial charge in [-0.15, -0.1) is 11.8 Å². The predicted octanol–water partition coefficient (Wildman–Crippen LogP) is 1.53. The summed E-state index contributed by atoms with van der Waals surface area (Å²) in [7, 11) is 0. The number of nitrogens with zero attached hydrogens (tertiary/aromatic N) is 2. The standard InChI is InChI=1S/C15H18N2O3S/c18-14(10-16-6-5-11(9-16)15(19)20)17-7-8-21-13-4-2-1-3-12(13)17/h1-4,11H,5-10H2,(H,19,20). The molecule has 2 aliphatic heterocycles. The number of thioether (sulfide) groups is 1. The van der Waals surface area contributed by atoms with E-state index in [-0.39, 0.29) is 11.8 Å². The summed E-state index contributed by atoms with van der Waals surface area (Å²) < 4.78 is 0. The van der Waals surface area contributed by atoms with Crippen LogP contribution in [-0.4, -0.2) is 53.8 Å². The molecule has 0 bridgehead atoms. The molecule has 3 rings (SSSR count). The van der Waals surface area contributed by atoms with Crippen LogP contribution in [0.4, 0.5) is 5.69 Å². The number of carbonyl (C=O) groups is 2. The molecule has 21 heavy (non-hydrogen) atoms. The van der Waals surface area contributed by atoms with Gasteiger partial charge in [0, 0.05) is 23.7 Å². The second-order valence-corrected chi connectivity index (χ2v) is 6.56. The molecule has 1 aromatic carbocycles. The minimum Gasteiger partial charge on any atom is -0.481 e. The minimum atomic E-state index is -0.760. The highest BCUT2D eigenvalue weighted by atomic mass is 32.2. The van der Waals surface area contributed by atoms with Gasteiger partial charge >= 0.3 is 5.97 Å². The summed E-state index contributed by atoms with van der Waals surface area (Å²) in [4.78, 5) is 28.4. The summed E-state index contributed by atoms with van der Waals surface area (Å²) in [5.41, 5.74) is 0.979. The van der Waals surface area contributed by atoms with Gasteiger partial charge in [0.1, 0.15) is 0 Å². The molecular weight excluding hydrogens is 288 g/mol. The molecule has 0 aliphatic carbocycles. The highest BCUT2D eigenvalue weighted by Crippen LogP contribution is 2.34. The van der Waals surface area contributed by atoms with Gasteiger partial charge in [0.05, 0.1) is 18.2 Å². The molecule has 6 heteroatoms. The number of carbonyl (C=O) groups excluding carboxylic acids is 1. The molecule has 0 aromatic heterocycles. The van der Waals surface area contributed by atoms with Crippen LogP contribution in [0.3, 0.4) is 0 Å².